The first-order chi connectivity index (χ1) is 14.8. The lowest BCUT2D eigenvalue weighted by atomic mass is 10.2. The van der Waals surface area contributed by atoms with Crippen LogP contribution in [0.5, 0.6) is 11.5 Å². The van der Waals surface area contributed by atoms with Crippen LogP contribution in [0, 0.1) is 0 Å². The number of thioether (sulfide) groups is 1. The molecule has 11 heteroatoms. The molecule has 1 N–H and O–H groups in total. The highest BCUT2D eigenvalue weighted by Gasteiger charge is 2.26. The van der Waals surface area contributed by atoms with Crippen molar-refractivity contribution in [2.75, 3.05) is 38.4 Å². The molecule has 0 aliphatic carbocycles. The zero-order valence-corrected chi connectivity index (χ0v) is 19.6. The summed E-state index contributed by atoms with van der Waals surface area (Å²) in [5.74, 6) is 0.630. The van der Waals surface area contributed by atoms with E-state index in [9.17, 15) is 13.2 Å². The molecule has 0 radical (unpaired) electrons. The number of amides is 1. The van der Waals surface area contributed by atoms with Gasteiger partial charge >= 0.3 is 0 Å². The first kappa shape index (κ1) is 23.6. The van der Waals surface area contributed by atoms with Crippen LogP contribution in [0.3, 0.4) is 0 Å². The highest BCUT2D eigenvalue weighted by molar-refractivity contribution is 7.99. The smallest absolute Gasteiger partial charge is 0.244 e. The van der Waals surface area contributed by atoms with E-state index in [1.165, 1.54) is 42.5 Å². The molecular formula is C20H24ClN3O5S2. The van der Waals surface area contributed by atoms with Crippen molar-refractivity contribution in [2.45, 2.75) is 29.2 Å². The Morgan fingerprint density at radius 3 is 2.48 bits per heavy atom. The second-order valence-corrected chi connectivity index (χ2v) is 10.2. The topological polar surface area (TPSA) is 97.8 Å². The molecule has 1 fully saturated rings. The Hall–Kier alpha value is -2.01. The van der Waals surface area contributed by atoms with E-state index in [1.54, 1.807) is 18.2 Å². The van der Waals surface area contributed by atoms with E-state index in [-0.39, 0.29) is 16.6 Å². The normalized spacial score (nSPS) is 14.8. The third-order valence-electron chi connectivity index (χ3n) is 4.76. The van der Waals surface area contributed by atoms with Crippen LogP contribution in [-0.2, 0) is 14.8 Å². The van der Waals surface area contributed by atoms with E-state index in [0.29, 0.717) is 40.3 Å². The first-order valence-corrected chi connectivity index (χ1v) is 12.5. The number of sulfonamides is 1. The maximum Gasteiger partial charge on any atom is 0.244 e. The van der Waals surface area contributed by atoms with Crippen LogP contribution in [0.25, 0.3) is 0 Å². The molecule has 168 valence electrons. The van der Waals surface area contributed by atoms with Gasteiger partial charge in [0.25, 0.3) is 0 Å². The Labute approximate surface area is 191 Å². The van der Waals surface area contributed by atoms with Gasteiger partial charge in [-0.05, 0) is 25.0 Å². The Morgan fingerprint density at radius 2 is 1.87 bits per heavy atom. The standard InChI is InChI=1S/C20H24ClN3O5S2/c1-28-17-11-16(18(29-2)10-15(17)21)23-19(25)13-30-20-7-6-14(12-22-20)31(26,27)24-8-4-3-5-9-24/h6-7,10-12H,3-5,8-9,13H2,1-2H3,(H,23,25). The molecule has 3 rings (SSSR count). The average molecular weight is 486 g/mol. The van der Waals surface area contributed by atoms with Crippen LogP contribution in [-0.4, -0.2) is 56.7 Å². The average Bonchev–Trinajstić information content (AvgIpc) is 2.79. The summed E-state index contributed by atoms with van der Waals surface area (Å²) in [4.78, 5) is 16.8. The van der Waals surface area contributed by atoms with E-state index in [0.717, 1.165) is 19.3 Å². The molecule has 0 saturated carbocycles. The predicted octanol–water partition coefficient (Wildman–Crippen LogP) is 3.66. The quantitative estimate of drug-likeness (QED) is 0.570. The van der Waals surface area contributed by atoms with Gasteiger partial charge in [-0.3, -0.25) is 4.79 Å². The molecule has 2 heterocycles. The predicted molar refractivity (Wildman–Crippen MR) is 121 cm³/mol. The van der Waals surface area contributed by atoms with E-state index < -0.39 is 10.0 Å². The van der Waals surface area contributed by atoms with Gasteiger partial charge < -0.3 is 14.8 Å². The number of rotatable bonds is 8. The van der Waals surface area contributed by atoms with Gasteiger partial charge in [-0.1, -0.05) is 29.8 Å². The molecule has 2 aromatic rings. The molecule has 0 bridgehead atoms. The number of hydrogen-bond acceptors (Lipinski definition) is 7. The van der Waals surface area contributed by atoms with Crippen molar-refractivity contribution in [1.82, 2.24) is 9.29 Å². The second-order valence-electron chi connectivity index (χ2n) is 6.82. The summed E-state index contributed by atoms with van der Waals surface area (Å²) in [6.45, 7) is 1.08. The number of piperidine rings is 1. The van der Waals surface area contributed by atoms with Crippen molar-refractivity contribution in [1.29, 1.82) is 0 Å². The van der Waals surface area contributed by atoms with E-state index in [1.807, 2.05) is 0 Å². The van der Waals surface area contributed by atoms with Crippen LogP contribution in [0.15, 0.2) is 40.4 Å². The fourth-order valence-corrected chi connectivity index (χ4v) is 5.48. The molecule has 1 saturated heterocycles. The summed E-state index contributed by atoms with van der Waals surface area (Å²) in [5, 5.41) is 3.68. The Bertz CT molecular complexity index is 1030. The van der Waals surface area contributed by atoms with E-state index in [4.69, 9.17) is 21.1 Å². The van der Waals surface area contributed by atoms with Gasteiger partial charge in [-0.15, -0.1) is 0 Å². The minimum atomic E-state index is -3.52. The zero-order chi connectivity index (χ0) is 22.4. The van der Waals surface area contributed by atoms with E-state index >= 15 is 0 Å². The van der Waals surface area contributed by atoms with Crippen molar-refractivity contribution in [2.24, 2.45) is 0 Å². The molecule has 1 aliphatic rings. The number of nitrogens with one attached hydrogen (secondary N) is 1. The van der Waals surface area contributed by atoms with E-state index in [2.05, 4.69) is 10.3 Å². The van der Waals surface area contributed by atoms with Crippen LogP contribution in [0.1, 0.15) is 19.3 Å². The number of ether oxygens (including phenoxy) is 2. The Morgan fingerprint density at radius 1 is 1.16 bits per heavy atom. The number of pyridine rings is 1. The molecule has 1 aliphatic heterocycles. The molecule has 1 aromatic heterocycles. The van der Waals surface area contributed by atoms with Crippen LogP contribution < -0.4 is 14.8 Å². The lowest BCUT2D eigenvalue weighted by Crippen LogP contribution is -2.35. The highest BCUT2D eigenvalue weighted by atomic mass is 35.5. The molecule has 1 aromatic carbocycles. The van der Waals surface area contributed by atoms with Gasteiger partial charge in [0.15, 0.2) is 0 Å². The van der Waals surface area contributed by atoms with Crippen molar-refractivity contribution in [3.8, 4) is 11.5 Å². The maximum atomic E-state index is 12.7. The third-order valence-corrected chi connectivity index (χ3v) is 7.88. The second kappa shape index (κ2) is 10.5. The summed E-state index contributed by atoms with van der Waals surface area (Å²) in [7, 11) is -0.563. The number of nitrogens with zero attached hydrogens (tertiary/aromatic N) is 2. The third kappa shape index (κ3) is 5.82. The van der Waals surface area contributed by atoms with Crippen LogP contribution in [0.4, 0.5) is 5.69 Å². The molecular weight excluding hydrogens is 462 g/mol. The Balaban J connectivity index is 1.61. The van der Waals surface area contributed by atoms with Crippen molar-refractivity contribution in [3.63, 3.8) is 0 Å². The number of carbonyl (C=O) groups is 1. The van der Waals surface area contributed by atoms with Gasteiger partial charge in [-0.25, -0.2) is 13.4 Å². The summed E-state index contributed by atoms with van der Waals surface area (Å²) in [6.07, 6.45) is 4.15. The monoisotopic (exact) mass is 485 g/mol. The van der Waals surface area contributed by atoms with Crippen LogP contribution >= 0.6 is 23.4 Å². The number of benzene rings is 1. The summed E-state index contributed by atoms with van der Waals surface area (Å²) in [5.41, 5.74) is 0.435. The fraction of sp³-hybridized carbons (Fsp3) is 0.400. The summed E-state index contributed by atoms with van der Waals surface area (Å²) < 4.78 is 37.3. The lowest BCUT2D eigenvalue weighted by molar-refractivity contribution is -0.113. The molecule has 0 spiro atoms. The minimum absolute atomic E-state index is 0.0827. The number of aromatic nitrogens is 1. The number of carbonyl (C=O) groups excluding carboxylic acids is 1. The van der Waals surface area contributed by atoms with Crippen molar-refractivity contribution >= 4 is 45.0 Å². The zero-order valence-electron chi connectivity index (χ0n) is 17.3. The maximum absolute atomic E-state index is 12.7. The number of hydrogen-bond donors (Lipinski definition) is 1. The van der Waals surface area contributed by atoms with Gasteiger partial charge in [0.2, 0.25) is 15.9 Å². The highest BCUT2D eigenvalue weighted by Crippen LogP contribution is 2.36. The number of methoxy groups -OCH3 is 2. The molecule has 1 amide bonds. The lowest BCUT2D eigenvalue weighted by Gasteiger charge is -2.25. The van der Waals surface area contributed by atoms with Crippen molar-refractivity contribution < 1.29 is 22.7 Å². The van der Waals surface area contributed by atoms with Crippen molar-refractivity contribution in [3.05, 3.63) is 35.5 Å². The molecule has 31 heavy (non-hydrogen) atoms. The first-order valence-electron chi connectivity index (χ1n) is 9.65. The Kier molecular flexibility index (Phi) is 8.04. The molecule has 0 unspecified atom stereocenters. The van der Waals surface area contributed by atoms with Crippen LogP contribution in [0.2, 0.25) is 5.02 Å². The number of halogens is 1. The minimum Gasteiger partial charge on any atom is -0.495 e. The summed E-state index contributed by atoms with van der Waals surface area (Å²) >= 11 is 7.28. The van der Waals surface area contributed by atoms with Gasteiger partial charge in [0.1, 0.15) is 16.4 Å². The fourth-order valence-electron chi connectivity index (χ4n) is 3.14. The molecule has 0 atom stereocenters. The molecule has 8 nitrogen and oxygen atoms in total. The largest absolute Gasteiger partial charge is 0.495 e. The SMILES string of the molecule is COc1cc(NC(=O)CSc2ccc(S(=O)(=O)N3CCCCC3)cn2)c(OC)cc1Cl. The number of anilines is 1. The van der Waals surface area contributed by atoms with Gasteiger partial charge in [0.05, 0.1) is 35.7 Å². The summed E-state index contributed by atoms with van der Waals surface area (Å²) in [6, 6.07) is 6.29. The van der Waals surface area contributed by atoms with Gasteiger partial charge in [0, 0.05) is 31.4 Å². The van der Waals surface area contributed by atoms with Gasteiger partial charge in [-0.2, -0.15) is 4.31 Å².